The quantitative estimate of drug-likeness (QED) is 0.831. The lowest BCUT2D eigenvalue weighted by molar-refractivity contribution is 1.14. The van der Waals surface area contributed by atoms with Gasteiger partial charge < -0.3 is 10.6 Å². The molecule has 0 saturated heterocycles. The Morgan fingerprint density at radius 3 is 2.41 bits per heavy atom. The summed E-state index contributed by atoms with van der Waals surface area (Å²) in [6, 6.07) is 16.8. The average Bonchev–Trinajstić information content (AvgIpc) is 2.37. The van der Waals surface area contributed by atoms with Crippen LogP contribution in [0.15, 0.2) is 48.5 Å². The molecule has 0 radical (unpaired) electrons. The molecule has 0 spiro atoms. The van der Waals surface area contributed by atoms with Crippen molar-refractivity contribution in [3.8, 4) is 0 Å². The van der Waals surface area contributed by atoms with Gasteiger partial charge in [0.05, 0.1) is 11.4 Å². The number of benzene rings is 2. The Morgan fingerprint density at radius 1 is 0.941 bits per heavy atom. The van der Waals surface area contributed by atoms with Crippen LogP contribution in [0.3, 0.4) is 0 Å². The first-order valence-electron chi connectivity index (χ1n) is 5.86. The van der Waals surface area contributed by atoms with Crippen LogP contribution in [-0.2, 0) is 6.54 Å². The third kappa shape index (κ3) is 3.00. The van der Waals surface area contributed by atoms with Gasteiger partial charge in [0.2, 0.25) is 0 Å². The minimum Gasteiger partial charge on any atom is -0.386 e. The van der Waals surface area contributed by atoms with Crippen molar-refractivity contribution in [2.75, 3.05) is 17.7 Å². The van der Waals surface area contributed by atoms with Gasteiger partial charge in [-0.3, -0.25) is 0 Å². The molecule has 0 aliphatic carbocycles. The van der Waals surface area contributed by atoms with E-state index < -0.39 is 0 Å². The fraction of sp³-hybridized carbons (Fsp3) is 0.200. The summed E-state index contributed by atoms with van der Waals surface area (Å²) in [5, 5.41) is 6.63. The summed E-state index contributed by atoms with van der Waals surface area (Å²) in [6.07, 6.45) is 0. The van der Waals surface area contributed by atoms with Gasteiger partial charge in [0.15, 0.2) is 0 Å². The summed E-state index contributed by atoms with van der Waals surface area (Å²) < 4.78 is 0. The monoisotopic (exact) mass is 226 g/mol. The van der Waals surface area contributed by atoms with Crippen molar-refractivity contribution >= 4 is 11.4 Å². The van der Waals surface area contributed by atoms with Gasteiger partial charge >= 0.3 is 0 Å². The molecule has 2 aromatic rings. The highest BCUT2D eigenvalue weighted by molar-refractivity contribution is 5.68. The lowest BCUT2D eigenvalue weighted by Crippen LogP contribution is -2.02. The van der Waals surface area contributed by atoms with E-state index in [9.17, 15) is 0 Å². The molecule has 0 aliphatic rings. The van der Waals surface area contributed by atoms with Crippen molar-refractivity contribution in [1.29, 1.82) is 0 Å². The van der Waals surface area contributed by atoms with Crippen LogP contribution >= 0.6 is 0 Å². The number of hydrogen-bond acceptors (Lipinski definition) is 2. The van der Waals surface area contributed by atoms with Crippen LogP contribution in [0.2, 0.25) is 0 Å². The van der Waals surface area contributed by atoms with Gasteiger partial charge in [0.1, 0.15) is 0 Å². The van der Waals surface area contributed by atoms with Crippen molar-refractivity contribution in [2.45, 2.75) is 13.5 Å². The second kappa shape index (κ2) is 5.39. The number of nitrogens with one attached hydrogen (secondary N) is 2. The Labute approximate surface area is 103 Å². The van der Waals surface area contributed by atoms with E-state index in [-0.39, 0.29) is 0 Å². The van der Waals surface area contributed by atoms with Crippen LogP contribution in [-0.4, -0.2) is 7.05 Å². The highest BCUT2D eigenvalue weighted by Crippen LogP contribution is 2.20. The van der Waals surface area contributed by atoms with Gasteiger partial charge in [-0.05, 0) is 24.6 Å². The van der Waals surface area contributed by atoms with Crippen molar-refractivity contribution in [1.82, 2.24) is 0 Å². The Hall–Kier alpha value is -1.96. The van der Waals surface area contributed by atoms with E-state index in [1.165, 1.54) is 11.1 Å². The van der Waals surface area contributed by atoms with Gasteiger partial charge in [0, 0.05) is 13.6 Å². The van der Waals surface area contributed by atoms with Crippen molar-refractivity contribution in [2.24, 2.45) is 0 Å². The summed E-state index contributed by atoms with van der Waals surface area (Å²) >= 11 is 0. The number of rotatable bonds is 4. The van der Waals surface area contributed by atoms with E-state index in [2.05, 4.69) is 54.0 Å². The fourth-order valence-electron chi connectivity index (χ4n) is 1.87. The molecular formula is C15H18N2. The molecule has 0 saturated carbocycles. The molecule has 0 amide bonds. The molecule has 0 aromatic heterocycles. The molecule has 2 nitrogen and oxygen atoms in total. The third-order valence-electron chi connectivity index (χ3n) is 2.76. The van der Waals surface area contributed by atoms with E-state index >= 15 is 0 Å². The van der Waals surface area contributed by atoms with E-state index in [1.54, 1.807) is 0 Å². The molecule has 88 valence electrons. The van der Waals surface area contributed by atoms with E-state index in [4.69, 9.17) is 0 Å². The number of para-hydroxylation sites is 2. The SMILES string of the molecule is CNc1ccccc1NCc1cccc(C)c1. The maximum absolute atomic E-state index is 3.45. The normalized spacial score (nSPS) is 10.0. The molecule has 0 bridgehead atoms. The van der Waals surface area contributed by atoms with Crippen LogP contribution in [0.1, 0.15) is 11.1 Å². The third-order valence-corrected chi connectivity index (χ3v) is 2.76. The summed E-state index contributed by atoms with van der Waals surface area (Å²) in [5.74, 6) is 0. The maximum Gasteiger partial charge on any atom is 0.0578 e. The number of anilines is 2. The van der Waals surface area contributed by atoms with Gasteiger partial charge in [-0.1, -0.05) is 42.0 Å². The molecule has 2 heteroatoms. The van der Waals surface area contributed by atoms with Crippen molar-refractivity contribution < 1.29 is 0 Å². The molecule has 0 unspecified atom stereocenters. The highest BCUT2D eigenvalue weighted by atomic mass is 14.9. The Bertz CT molecular complexity index is 492. The van der Waals surface area contributed by atoms with Crippen LogP contribution in [0.25, 0.3) is 0 Å². The lowest BCUT2D eigenvalue weighted by Gasteiger charge is -2.11. The predicted molar refractivity (Wildman–Crippen MR) is 74.5 cm³/mol. The van der Waals surface area contributed by atoms with E-state index in [0.717, 1.165) is 17.9 Å². The molecule has 2 rings (SSSR count). The first-order chi connectivity index (χ1) is 8.29. The predicted octanol–water partition coefficient (Wildman–Crippen LogP) is 3.65. The highest BCUT2D eigenvalue weighted by Gasteiger charge is 1.99. The number of aryl methyl sites for hydroxylation is 1. The largest absolute Gasteiger partial charge is 0.386 e. The lowest BCUT2D eigenvalue weighted by atomic mass is 10.1. The van der Waals surface area contributed by atoms with Crippen LogP contribution < -0.4 is 10.6 Å². The molecule has 0 atom stereocenters. The fourth-order valence-corrected chi connectivity index (χ4v) is 1.87. The molecule has 0 aliphatic heterocycles. The van der Waals surface area contributed by atoms with Gasteiger partial charge in [0.25, 0.3) is 0 Å². The topological polar surface area (TPSA) is 24.1 Å². The average molecular weight is 226 g/mol. The summed E-state index contributed by atoms with van der Waals surface area (Å²) in [4.78, 5) is 0. The van der Waals surface area contributed by atoms with E-state index in [1.807, 2.05) is 19.2 Å². The summed E-state index contributed by atoms with van der Waals surface area (Å²) in [7, 11) is 1.94. The van der Waals surface area contributed by atoms with Gasteiger partial charge in [-0.2, -0.15) is 0 Å². The van der Waals surface area contributed by atoms with Gasteiger partial charge in [-0.15, -0.1) is 0 Å². The molecule has 2 aromatic carbocycles. The number of hydrogen-bond donors (Lipinski definition) is 2. The summed E-state index contributed by atoms with van der Waals surface area (Å²) in [6.45, 7) is 2.96. The second-order valence-electron chi connectivity index (χ2n) is 4.14. The van der Waals surface area contributed by atoms with Crippen molar-refractivity contribution in [3.63, 3.8) is 0 Å². The maximum atomic E-state index is 3.45. The Kier molecular flexibility index (Phi) is 3.66. The van der Waals surface area contributed by atoms with Gasteiger partial charge in [-0.25, -0.2) is 0 Å². The minimum atomic E-state index is 0.848. The molecule has 0 fully saturated rings. The second-order valence-corrected chi connectivity index (χ2v) is 4.14. The smallest absolute Gasteiger partial charge is 0.0578 e. The first kappa shape index (κ1) is 11.5. The Morgan fingerprint density at radius 2 is 1.71 bits per heavy atom. The summed E-state index contributed by atoms with van der Waals surface area (Å²) in [5.41, 5.74) is 4.86. The first-order valence-corrected chi connectivity index (χ1v) is 5.86. The zero-order valence-electron chi connectivity index (χ0n) is 10.3. The molecule has 17 heavy (non-hydrogen) atoms. The van der Waals surface area contributed by atoms with Crippen LogP contribution in [0, 0.1) is 6.92 Å². The molecule has 2 N–H and O–H groups in total. The zero-order valence-corrected chi connectivity index (χ0v) is 10.3. The molecular weight excluding hydrogens is 208 g/mol. The Balaban J connectivity index is 2.07. The van der Waals surface area contributed by atoms with Crippen molar-refractivity contribution in [3.05, 3.63) is 59.7 Å². The van der Waals surface area contributed by atoms with Crippen LogP contribution in [0.5, 0.6) is 0 Å². The minimum absolute atomic E-state index is 0.848. The zero-order chi connectivity index (χ0) is 12.1. The van der Waals surface area contributed by atoms with Crippen LogP contribution in [0.4, 0.5) is 11.4 Å². The van der Waals surface area contributed by atoms with E-state index in [0.29, 0.717) is 0 Å². The molecule has 0 heterocycles. The standard InChI is InChI=1S/C15H18N2/c1-12-6-5-7-13(10-12)11-17-15-9-4-3-8-14(15)16-2/h3-10,16-17H,11H2,1-2H3.